The zero-order chi connectivity index (χ0) is 13.1. The van der Waals surface area contributed by atoms with Gasteiger partial charge in [0, 0.05) is 11.1 Å². The number of hydrogen-bond acceptors (Lipinski definition) is 2. The number of hydrogen-bond donors (Lipinski definition) is 0. The van der Waals surface area contributed by atoms with E-state index in [1.807, 2.05) is 23.9 Å². The highest BCUT2D eigenvalue weighted by Crippen LogP contribution is 2.28. The monoisotopic (exact) mass is 268 g/mol. The van der Waals surface area contributed by atoms with Crippen molar-refractivity contribution in [1.29, 1.82) is 0 Å². The zero-order valence-electron chi connectivity index (χ0n) is 10.9. The lowest BCUT2D eigenvalue weighted by molar-refractivity contribution is 0.570. The van der Waals surface area contributed by atoms with Gasteiger partial charge in [-0.3, -0.25) is 0 Å². The van der Waals surface area contributed by atoms with Crippen LogP contribution in [0.15, 0.2) is 59.0 Å². The van der Waals surface area contributed by atoms with Crippen molar-refractivity contribution in [1.82, 2.24) is 0 Å². The first-order valence-electron chi connectivity index (χ1n) is 6.43. The maximum Gasteiger partial charge on any atom is 0.134 e. The maximum atomic E-state index is 5.92. The van der Waals surface area contributed by atoms with Gasteiger partial charge in [0.2, 0.25) is 0 Å². The van der Waals surface area contributed by atoms with Gasteiger partial charge in [-0.1, -0.05) is 48.5 Å². The zero-order valence-corrected chi connectivity index (χ0v) is 11.7. The Morgan fingerprint density at radius 1 is 0.895 bits per heavy atom. The summed E-state index contributed by atoms with van der Waals surface area (Å²) in [4.78, 5) is 0. The number of furan rings is 1. The van der Waals surface area contributed by atoms with Crippen LogP contribution < -0.4 is 0 Å². The highest BCUT2D eigenvalue weighted by Gasteiger charge is 2.09. The van der Waals surface area contributed by atoms with Crippen molar-refractivity contribution in [3.8, 4) is 0 Å². The van der Waals surface area contributed by atoms with Crippen LogP contribution in [-0.2, 0) is 11.5 Å². The molecule has 0 radical (unpaired) electrons. The third-order valence-corrected chi connectivity index (χ3v) is 4.29. The van der Waals surface area contributed by atoms with Crippen LogP contribution in [0.25, 0.3) is 11.0 Å². The summed E-state index contributed by atoms with van der Waals surface area (Å²) in [7, 11) is 0. The molecule has 0 saturated heterocycles. The molecule has 1 aromatic heterocycles. The fourth-order valence-corrected chi connectivity index (χ4v) is 3.19. The second-order valence-electron chi connectivity index (χ2n) is 4.62. The van der Waals surface area contributed by atoms with Crippen LogP contribution in [0.3, 0.4) is 0 Å². The average Bonchev–Trinajstić information content (AvgIpc) is 2.78. The van der Waals surface area contributed by atoms with Gasteiger partial charge in [-0.15, -0.1) is 11.8 Å². The Balaban J connectivity index is 1.70. The maximum absolute atomic E-state index is 5.92. The summed E-state index contributed by atoms with van der Waals surface area (Å²) in [5, 5.41) is 1.23. The van der Waals surface area contributed by atoms with E-state index >= 15 is 0 Å². The van der Waals surface area contributed by atoms with E-state index in [9.17, 15) is 0 Å². The molecule has 96 valence electrons. The summed E-state index contributed by atoms with van der Waals surface area (Å²) in [6.07, 6.45) is 0. The lowest BCUT2D eigenvalue weighted by atomic mass is 10.2. The second kappa shape index (κ2) is 5.54. The van der Waals surface area contributed by atoms with E-state index in [-0.39, 0.29) is 0 Å². The standard InChI is InChI=1S/C17H16OS/c1-13-15-9-5-6-10-16(15)18-17(13)12-19-11-14-7-3-2-4-8-14/h2-10H,11-12H2,1H3. The average molecular weight is 268 g/mol. The summed E-state index contributed by atoms with van der Waals surface area (Å²) in [5.74, 6) is 3.05. The van der Waals surface area contributed by atoms with E-state index < -0.39 is 0 Å². The third-order valence-electron chi connectivity index (χ3n) is 3.29. The normalized spacial score (nSPS) is 11.0. The summed E-state index contributed by atoms with van der Waals surface area (Å²) in [6.45, 7) is 2.14. The number of benzene rings is 2. The van der Waals surface area contributed by atoms with Gasteiger partial charge in [0.15, 0.2) is 0 Å². The highest BCUT2D eigenvalue weighted by molar-refractivity contribution is 7.97. The van der Waals surface area contributed by atoms with Crippen molar-refractivity contribution in [3.05, 3.63) is 71.5 Å². The van der Waals surface area contributed by atoms with Crippen molar-refractivity contribution in [3.63, 3.8) is 0 Å². The molecule has 0 unspecified atom stereocenters. The first kappa shape index (κ1) is 12.4. The Hall–Kier alpha value is -1.67. The van der Waals surface area contributed by atoms with Gasteiger partial charge in [-0.2, -0.15) is 0 Å². The Kier molecular flexibility index (Phi) is 3.60. The van der Waals surface area contributed by atoms with Crippen LogP contribution in [0.2, 0.25) is 0 Å². The predicted octanol–water partition coefficient (Wildman–Crippen LogP) is 5.17. The van der Waals surface area contributed by atoms with Gasteiger partial charge in [0.25, 0.3) is 0 Å². The first-order chi connectivity index (χ1) is 9.34. The van der Waals surface area contributed by atoms with E-state index in [4.69, 9.17) is 4.42 Å². The Labute approximate surface area is 117 Å². The molecule has 3 rings (SSSR count). The largest absolute Gasteiger partial charge is 0.460 e. The Morgan fingerprint density at radius 3 is 2.42 bits per heavy atom. The van der Waals surface area contributed by atoms with Gasteiger partial charge < -0.3 is 4.42 Å². The van der Waals surface area contributed by atoms with Crippen LogP contribution >= 0.6 is 11.8 Å². The van der Waals surface area contributed by atoms with Gasteiger partial charge in [-0.05, 0) is 24.1 Å². The SMILES string of the molecule is Cc1c(CSCc2ccccc2)oc2ccccc12. The van der Waals surface area contributed by atoms with Crippen molar-refractivity contribution >= 4 is 22.7 Å². The molecular formula is C17H16OS. The molecule has 1 heterocycles. The third kappa shape index (κ3) is 2.69. The number of para-hydroxylation sites is 1. The molecule has 0 spiro atoms. The minimum Gasteiger partial charge on any atom is -0.460 e. The number of aryl methyl sites for hydroxylation is 1. The van der Waals surface area contributed by atoms with Crippen molar-refractivity contribution in [2.45, 2.75) is 18.4 Å². The lowest BCUT2D eigenvalue weighted by Gasteiger charge is -2.00. The van der Waals surface area contributed by atoms with Crippen LogP contribution in [-0.4, -0.2) is 0 Å². The Bertz CT molecular complexity index is 670. The number of fused-ring (bicyclic) bond motifs is 1. The molecule has 0 N–H and O–H groups in total. The smallest absolute Gasteiger partial charge is 0.134 e. The summed E-state index contributed by atoms with van der Waals surface area (Å²) < 4.78 is 5.92. The molecule has 3 aromatic rings. The van der Waals surface area contributed by atoms with E-state index in [0.29, 0.717) is 0 Å². The molecule has 0 atom stereocenters. The molecule has 2 aromatic carbocycles. The molecule has 0 aliphatic rings. The topological polar surface area (TPSA) is 13.1 Å². The van der Waals surface area contributed by atoms with Gasteiger partial charge in [-0.25, -0.2) is 0 Å². The molecule has 0 fully saturated rings. The highest BCUT2D eigenvalue weighted by atomic mass is 32.2. The van der Waals surface area contributed by atoms with Crippen molar-refractivity contribution in [2.75, 3.05) is 0 Å². The fourth-order valence-electron chi connectivity index (χ4n) is 2.20. The summed E-state index contributed by atoms with van der Waals surface area (Å²) >= 11 is 1.90. The summed E-state index contributed by atoms with van der Waals surface area (Å²) in [5.41, 5.74) is 3.63. The quantitative estimate of drug-likeness (QED) is 0.647. The van der Waals surface area contributed by atoms with Gasteiger partial charge >= 0.3 is 0 Å². The van der Waals surface area contributed by atoms with Crippen LogP contribution in [0.1, 0.15) is 16.9 Å². The van der Waals surface area contributed by atoms with Crippen molar-refractivity contribution < 1.29 is 4.42 Å². The van der Waals surface area contributed by atoms with E-state index in [2.05, 4.69) is 49.4 Å². The predicted molar refractivity (Wildman–Crippen MR) is 82.4 cm³/mol. The molecule has 2 heteroatoms. The van der Waals surface area contributed by atoms with Gasteiger partial charge in [0.1, 0.15) is 11.3 Å². The van der Waals surface area contributed by atoms with Crippen LogP contribution in [0.4, 0.5) is 0 Å². The first-order valence-corrected chi connectivity index (χ1v) is 7.59. The molecule has 0 bridgehead atoms. The Morgan fingerprint density at radius 2 is 1.63 bits per heavy atom. The molecule has 19 heavy (non-hydrogen) atoms. The molecule has 0 saturated carbocycles. The molecular weight excluding hydrogens is 252 g/mol. The van der Waals surface area contributed by atoms with Gasteiger partial charge in [0.05, 0.1) is 5.75 Å². The van der Waals surface area contributed by atoms with E-state index in [0.717, 1.165) is 22.8 Å². The second-order valence-corrected chi connectivity index (χ2v) is 5.61. The van der Waals surface area contributed by atoms with E-state index in [1.165, 1.54) is 16.5 Å². The molecule has 0 aliphatic carbocycles. The van der Waals surface area contributed by atoms with Crippen molar-refractivity contribution in [2.24, 2.45) is 0 Å². The fraction of sp³-hybridized carbons (Fsp3) is 0.176. The number of rotatable bonds is 4. The lowest BCUT2D eigenvalue weighted by Crippen LogP contribution is -1.83. The van der Waals surface area contributed by atoms with Crippen LogP contribution in [0.5, 0.6) is 0 Å². The number of thioether (sulfide) groups is 1. The summed E-state index contributed by atoms with van der Waals surface area (Å²) in [6, 6.07) is 18.8. The van der Waals surface area contributed by atoms with Crippen LogP contribution in [0, 0.1) is 6.92 Å². The molecule has 0 amide bonds. The van der Waals surface area contributed by atoms with E-state index in [1.54, 1.807) is 0 Å². The molecule has 0 aliphatic heterocycles. The minimum atomic E-state index is 0.926. The minimum absolute atomic E-state index is 0.926. The molecule has 1 nitrogen and oxygen atoms in total.